The van der Waals surface area contributed by atoms with E-state index in [1.54, 1.807) is 0 Å². The first kappa shape index (κ1) is 28.0. The molecule has 0 radical (unpaired) electrons. The molecule has 194 valence electrons. The van der Waals surface area contributed by atoms with Crippen molar-refractivity contribution >= 4 is 8.69 Å². The fourth-order valence-electron chi connectivity index (χ4n) is 6.21. The summed E-state index contributed by atoms with van der Waals surface area (Å²) in [6.45, 7) is 27.2. The van der Waals surface area contributed by atoms with Gasteiger partial charge in [-0.2, -0.15) is 0 Å². The molecule has 2 aromatic carbocycles. The minimum atomic E-state index is -2.57. The van der Waals surface area contributed by atoms with Crippen molar-refractivity contribution in [3.05, 3.63) is 58.7 Å². The Morgan fingerprint density at radius 1 is 0.657 bits per heavy atom. The average molecular weight is 501 g/mol. The van der Waals surface area contributed by atoms with Crippen molar-refractivity contribution in [3.8, 4) is 11.5 Å². The third kappa shape index (κ3) is 6.40. The lowest BCUT2D eigenvalue weighted by Crippen LogP contribution is -2.28. The smallest absolute Gasteiger partial charge is 0.414 e. The third-order valence-corrected chi connectivity index (χ3v) is 7.83. The van der Waals surface area contributed by atoms with E-state index >= 15 is 0 Å². The maximum Gasteiger partial charge on any atom is 0.505 e. The molecule has 1 aliphatic heterocycles. The normalized spacial score (nSPS) is 16.9. The summed E-state index contributed by atoms with van der Waals surface area (Å²) in [4.78, 5) is 0. The zero-order valence-electron chi connectivity index (χ0n) is 24.0. The van der Waals surface area contributed by atoms with Crippen LogP contribution in [-0.4, -0.2) is 0 Å². The highest BCUT2D eigenvalue weighted by Crippen LogP contribution is 2.54. The van der Waals surface area contributed by atoms with E-state index < -0.39 is 14.1 Å². The Morgan fingerprint density at radius 3 is 1.31 bits per heavy atom. The van der Waals surface area contributed by atoms with Gasteiger partial charge < -0.3 is 9.05 Å². The maximum atomic E-state index is 15.0. The molecule has 0 fully saturated rings. The Balaban J connectivity index is 2.18. The highest BCUT2D eigenvalue weighted by atomic mass is 31.2. The van der Waals surface area contributed by atoms with Crippen molar-refractivity contribution in [2.45, 2.75) is 112 Å². The zero-order valence-corrected chi connectivity index (χ0v) is 24.9. The summed E-state index contributed by atoms with van der Waals surface area (Å²) in [5.74, 6) is 1.15. The van der Waals surface area contributed by atoms with Crippen molar-refractivity contribution in [1.82, 2.24) is 0 Å². The fraction of sp³-hybridized carbons (Fsp3) is 0.613. The molecule has 0 saturated carbocycles. The predicted octanol–water partition coefficient (Wildman–Crippen LogP) is 10.4. The van der Waals surface area contributed by atoms with Gasteiger partial charge in [-0.05, 0) is 57.8 Å². The molecule has 0 aliphatic carbocycles. The lowest BCUT2D eigenvalue weighted by atomic mass is 9.68. The molecule has 0 amide bonds. The van der Waals surface area contributed by atoms with Gasteiger partial charge in [0.25, 0.3) is 0 Å². The highest BCUT2D eigenvalue weighted by molar-refractivity contribution is 7.42. The Bertz CT molecular complexity index is 987. The molecule has 0 atom stereocenters. The molecule has 2 nitrogen and oxygen atoms in total. The Hall–Kier alpha value is -1.60. The van der Waals surface area contributed by atoms with E-state index in [2.05, 4.69) is 107 Å². The van der Waals surface area contributed by atoms with Gasteiger partial charge in [0.05, 0.1) is 0 Å². The molecule has 0 unspecified atom stereocenters. The standard InChI is InChI=1S/C31H46FO2P/c1-27(2,3)19-29(7,8)21-13-15-25-23(17-21)31(11,12)24-18-22(30(9,10)20-28(4,5)6)14-16-26(24)34-35(32)33-25/h13-18H,19-20H2,1-12H3. The van der Waals surface area contributed by atoms with E-state index in [1.165, 1.54) is 11.1 Å². The number of halogens is 1. The van der Waals surface area contributed by atoms with Crippen molar-refractivity contribution < 1.29 is 13.2 Å². The summed E-state index contributed by atoms with van der Waals surface area (Å²) in [7, 11) is -2.57. The zero-order chi connectivity index (χ0) is 26.6. The van der Waals surface area contributed by atoms with Crippen LogP contribution in [0.4, 0.5) is 4.20 Å². The van der Waals surface area contributed by atoms with Gasteiger partial charge >= 0.3 is 8.69 Å². The molecule has 0 bridgehead atoms. The number of hydrogen-bond donors (Lipinski definition) is 0. The van der Waals surface area contributed by atoms with E-state index in [9.17, 15) is 4.20 Å². The van der Waals surface area contributed by atoms with Crippen molar-refractivity contribution in [2.75, 3.05) is 0 Å². The Kier molecular flexibility index (Phi) is 7.24. The first-order valence-electron chi connectivity index (χ1n) is 12.8. The second-order valence-corrected chi connectivity index (χ2v) is 15.5. The lowest BCUT2D eigenvalue weighted by Gasteiger charge is -2.38. The van der Waals surface area contributed by atoms with Crippen LogP contribution in [0.25, 0.3) is 0 Å². The molecule has 0 spiro atoms. The number of benzene rings is 2. The molecule has 4 heteroatoms. The topological polar surface area (TPSA) is 18.5 Å². The molecule has 35 heavy (non-hydrogen) atoms. The summed E-state index contributed by atoms with van der Waals surface area (Å²) in [5, 5.41) is 0. The molecule has 0 aromatic heterocycles. The van der Waals surface area contributed by atoms with Crippen molar-refractivity contribution in [1.29, 1.82) is 0 Å². The van der Waals surface area contributed by atoms with Crippen LogP contribution in [0, 0.1) is 10.8 Å². The number of rotatable bonds is 4. The van der Waals surface area contributed by atoms with E-state index in [-0.39, 0.29) is 21.7 Å². The van der Waals surface area contributed by atoms with Crippen molar-refractivity contribution in [3.63, 3.8) is 0 Å². The van der Waals surface area contributed by atoms with Crippen LogP contribution in [0.3, 0.4) is 0 Å². The minimum Gasteiger partial charge on any atom is -0.414 e. The van der Waals surface area contributed by atoms with Gasteiger partial charge in [-0.1, -0.05) is 107 Å². The van der Waals surface area contributed by atoms with E-state index in [1.807, 2.05) is 12.1 Å². The monoisotopic (exact) mass is 500 g/mol. The second-order valence-electron chi connectivity index (χ2n) is 14.7. The molecular formula is C31H46FO2P. The maximum absolute atomic E-state index is 15.0. The van der Waals surface area contributed by atoms with Crippen LogP contribution in [0.1, 0.15) is 118 Å². The SMILES string of the molecule is CC(C)(C)CC(C)(C)c1ccc2c(c1)C(C)(C)c1cc(C(C)(C)CC(C)(C)C)ccc1OP(F)O2. The van der Waals surface area contributed by atoms with Gasteiger partial charge in [-0.15, -0.1) is 4.20 Å². The molecular weight excluding hydrogens is 454 g/mol. The Labute approximate surface area is 215 Å². The van der Waals surface area contributed by atoms with Crippen LogP contribution < -0.4 is 9.05 Å². The third-order valence-electron chi connectivity index (χ3n) is 7.15. The van der Waals surface area contributed by atoms with Gasteiger partial charge in [0.1, 0.15) is 11.5 Å². The molecule has 3 rings (SSSR count). The lowest BCUT2D eigenvalue weighted by molar-refractivity contribution is 0.283. The second kappa shape index (κ2) is 9.05. The van der Waals surface area contributed by atoms with E-state index in [4.69, 9.17) is 9.05 Å². The van der Waals surface area contributed by atoms with Crippen molar-refractivity contribution in [2.24, 2.45) is 10.8 Å². The summed E-state index contributed by atoms with van der Waals surface area (Å²) in [6, 6.07) is 12.5. The summed E-state index contributed by atoms with van der Waals surface area (Å²) >= 11 is 0. The van der Waals surface area contributed by atoms with Crippen LogP contribution >= 0.6 is 8.69 Å². The van der Waals surface area contributed by atoms with Gasteiger partial charge in [0.2, 0.25) is 0 Å². The quantitative estimate of drug-likeness (QED) is 0.389. The van der Waals surface area contributed by atoms with Gasteiger partial charge in [0, 0.05) is 16.5 Å². The van der Waals surface area contributed by atoms with Crippen LogP contribution in [-0.2, 0) is 16.2 Å². The molecule has 0 saturated heterocycles. The molecule has 1 aliphatic rings. The summed E-state index contributed by atoms with van der Waals surface area (Å²) in [6.07, 6.45) is 2.08. The molecule has 1 heterocycles. The van der Waals surface area contributed by atoms with Gasteiger partial charge in [-0.25, -0.2) is 0 Å². The number of fused-ring (bicyclic) bond motifs is 2. The van der Waals surface area contributed by atoms with Crippen LogP contribution in [0.5, 0.6) is 11.5 Å². The van der Waals surface area contributed by atoms with E-state index in [0.717, 1.165) is 24.0 Å². The first-order chi connectivity index (χ1) is 15.7. The van der Waals surface area contributed by atoms with Gasteiger partial charge in [-0.3, -0.25) is 0 Å². The van der Waals surface area contributed by atoms with Gasteiger partial charge in [0.15, 0.2) is 0 Å². The fourth-order valence-corrected chi connectivity index (χ4v) is 6.88. The number of hydrogen-bond acceptors (Lipinski definition) is 2. The molecule has 0 N–H and O–H groups in total. The molecule has 2 aromatic rings. The van der Waals surface area contributed by atoms with E-state index in [0.29, 0.717) is 11.5 Å². The minimum absolute atomic E-state index is 0.0257. The Morgan fingerprint density at radius 2 is 1.00 bits per heavy atom. The summed E-state index contributed by atoms with van der Waals surface area (Å²) < 4.78 is 26.4. The van der Waals surface area contributed by atoms with Crippen LogP contribution in [0.15, 0.2) is 36.4 Å². The predicted molar refractivity (Wildman–Crippen MR) is 148 cm³/mol. The summed E-state index contributed by atoms with van der Waals surface area (Å²) in [5.41, 5.74) is 4.43. The first-order valence-corrected chi connectivity index (χ1v) is 13.9. The average Bonchev–Trinajstić information content (AvgIpc) is 2.63. The highest BCUT2D eigenvalue weighted by Gasteiger charge is 2.38. The van der Waals surface area contributed by atoms with Crippen LogP contribution in [0.2, 0.25) is 0 Å². The largest absolute Gasteiger partial charge is 0.505 e.